The van der Waals surface area contributed by atoms with E-state index in [-0.39, 0.29) is 23.8 Å². The maximum atomic E-state index is 12.9. The summed E-state index contributed by atoms with van der Waals surface area (Å²) in [6, 6.07) is 7.10. The van der Waals surface area contributed by atoms with Crippen molar-refractivity contribution in [2.45, 2.75) is 66.0 Å². The minimum absolute atomic E-state index is 0.152. The molecule has 0 saturated heterocycles. The molecule has 0 spiro atoms. The molecule has 1 aliphatic rings. The molecular weight excluding hydrogens is 470 g/mol. The number of hydrogen-bond acceptors (Lipinski definition) is 6. The Labute approximate surface area is 219 Å². The normalized spacial score (nSPS) is 13.9. The molecule has 37 heavy (non-hydrogen) atoms. The van der Waals surface area contributed by atoms with Crippen LogP contribution in [0.1, 0.15) is 70.0 Å². The van der Waals surface area contributed by atoms with Crippen molar-refractivity contribution in [2.75, 3.05) is 21.3 Å². The molecule has 0 saturated carbocycles. The number of benzene rings is 2. The third-order valence-corrected chi connectivity index (χ3v) is 7.37. The molecule has 2 aromatic carbocycles. The van der Waals surface area contributed by atoms with Crippen LogP contribution in [0.25, 0.3) is 0 Å². The highest BCUT2D eigenvalue weighted by molar-refractivity contribution is 5.91. The molecule has 0 atom stereocenters. The van der Waals surface area contributed by atoms with Crippen LogP contribution < -0.4 is 24.3 Å². The first-order valence-corrected chi connectivity index (χ1v) is 12.5. The minimum atomic E-state index is -0.308. The maximum Gasteiger partial charge on any atom is 0.287 e. The molecule has 0 unspecified atom stereocenters. The zero-order chi connectivity index (χ0) is 26.9. The lowest BCUT2D eigenvalue weighted by Crippen LogP contribution is -2.33. The zero-order valence-electron chi connectivity index (χ0n) is 23.1. The summed E-state index contributed by atoms with van der Waals surface area (Å²) in [4.78, 5) is 12.9. The van der Waals surface area contributed by atoms with Crippen molar-refractivity contribution in [3.05, 3.63) is 69.2 Å². The third-order valence-electron chi connectivity index (χ3n) is 7.37. The molecule has 3 aromatic rings. The van der Waals surface area contributed by atoms with Gasteiger partial charge in [-0.1, -0.05) is 0 Å². The van der Waals surface area contributed by atoms with Gasteiger partial charge in [-0.15, -0.1) is 0 Å². The number of fused-ring (bicyclic) bond motifs is 1. The Morgan fingerprint density at radius 2 is 1.62 bits per heavy atom. The maximum absolute atomic E-state index is 12.9. The van der Waals surface area contributed by atoms with E-state index < -0.39 is 0 Å². The van der Waals surface area contributed by atoms with Gasteiger partial charge in [-0.05, 0) is 87.4 Å². The predicted molar refractivity (Wildman–Crippen MR) is 142 cm³/mol. The second kappa shape index (κ2) is 10.4. The van der Waals surface area contributed by atoms with E-state index in [4.69, 9.17) is 23.4 Å². The van der Waals surface area contributed by atoms with E-state index in [0.29, 0.717) is 29.2 Å². The quantitative estimate of drug-likeness (QED) is 0.412. The first-order chi connectivity index (χ1) is 17.6. The van der Waals surface area contributed by atoms with E-state index in [1.807, 2.05) is 6.07 Å². The smallest absolute Gasteiger partial charge is 0.287 e. The standard InChI is InChI=1S/C30H37NO6/c1-17-18(2)28-22(11-12-30(4,5)37-28)19(3)23(17)13-20-9-10-25(36-20)29(32)31-16-24-26(34-7)14-21(33-6)15-27(24)35-8/h9-10,14-15H,11-13,16H2,1-8H3,(H,31,32). The molecule has 0 fully saturated rings. The van der Waals surface area contributed by atoms with Crippen LogP contribution in [0.2, 0.25) is 0 Å². The Balaban J connectivity index is 1.51. The van der Waals surface area contributed by atoms with Gasteiger partial charge in [0.2, 0.25) is 0 Å². The van der Waals surface area contributed by atoms with Gasteiger partial charge in [0.25, 0.3) is 5.91 Å². The van der Waals surface area contributed by atoms with E-state index in [1.165, 1.54) is 27.8 Å². The van der Waals surface area contributed by atoms with Gasteiger partial charge in [0, 0.05) is 18.6 Å². The number of ether oxygens (including phenoxy) is 4. The van der Waals surface area contributed by atoms with Crippen molar-refractivity contribution in [3.63, 3.8) is 0 Å². The van der Waals surface area contributed by atoms with Gasteiger partial charge < -0.3 is 28.7 Å². The van der Waals surface area contributed by atoms with Gasteiger partial charge >= 0.3 is 0 Å². The molecule has 198 valence electrons. The van der Waals surface area contributed by atoms with Crippen molar-refractivity contribution in [1.29, 1.82) is 0 Å². The third kappa shape index (κ3) is 5.26. The number of carbonyl (C=O) groups excluding carboxylic acids is 1. The van der Waals surface area contributed by atoms with Gasteiger partial charge in [-0.3, -0.25) is 4.79 Å². The van der Waals surface area contributed by atoms with E-state index in [1.54, 1.807) is 39.5 Å². The SMILES string of the molecule is COc1cc(OC)c(CNC(=O)c2ccc(Cc3c(C)c(C)c4c(c3C)CCC(C)(C)O4)o2)c(OC)c1. The van der Waals surface area contributed by atoms with Crippen molar-refractivity contribution in [1.82, 2.24) is 5.32 Å². The highest BCUT2D eigenvalue weighted by atomic mass is 16.5. The predicted octanol–water partition coefficient (Wildman–Crippen LogP) is 5.86. The molecule has 1 aromatic heterocycles. The molecule has 7 nitrogen and oxygen atoms in total. The molecule has 1 aliphatic heterocycles. The van der Waals surface area contributed by atoms with Crippen LogP contribution in [0.4, 0.5) is 0 Å². The average Bonchev–Trinajstić information content (AvgIpc) is 3.36. The number of carbonyl (C=O) groups is 1. The second-order valence-electron chi connectivity index (χ2n) is 10.2. The lowest BCUT2D eigenvalue weighted by atomic mass is 9.84. The molecule has 0 aliphatic carbocycles. The second-order valence-corrected chi connectivity index (χ2v) is 10.2. The molecule has 2 heterocycles. The average molecular weight is 508 g/mol. The van der Waals surface area contributed by atoms with Crippen molar-refractivity contribution >= 4 is 5.91 Å². The van der Waals surface area contributed by atoms with Crippen molar-refractivity contribution < 1.29 is 28.2 Å². The largest absolute Gasteiger partial charge is 0.496 e. The molecule has 1 N–H and O–H groups in total. The summed E-state index contributed by atoms with van der Waals surface area (Å²) in [5.74, 6) is 3.47. The molecule has 0 radical (unpaired) electrons. The fourth-order valence-electron chi connectivity index (χ4n) is 4.99. The number of furan rings is 1. The molecular formula is C30H37NO6. The number of amides is 1. The summed E-state index contributed by atoms with van der Waals surface area (Å²) in [5.41, 5.74) is 6.70. The number of methoxy groups -OCH3 is 3. The zero-order valence-corrected chi connectivity index (χ0v) is 23.1. The van der Waals surface area contributed by atoms with Crippen molar-refractivity contribution in [2.24, 2.45) is 0 Å². The lowest BCUT2D eigenvalue weighted by molar-refractivity contribution is 0.0833. The number of hydrogen-bond donors (Lipinski definition) is 1. The molecule has 0 bridgehead atoms. The van der Waals surface area contributed by atoms with E-state index in [2.05, 4.69) is 39.9 Å². The van der Waals surface area contributed by atoms with Gasteiger partial charge in [0.15, 0.2) is 5.76 Å². The summed E-state index contributed by atoms with van der Waals surface area (Å²) in [7, 11) is 4.71. The van der Waals surface area contributed by atoms with Gasteiger partial charge in [0.05, 0.1) is 33.4 Å². The van der Waals surface area contributed by atoms with Crippen LogP contribution in [0.5, 0.6) is 23.0 Å². The van der Waals surface area contributed by atoms with E-state index in [9.17, 15) is 4.79 Å². The van der Waals surface area contributed by atoms with Crippen LogP contribution in [0.3, 0.4) is 0 Å². The molecule has 4 rings (SSSR count). The van der Waals surface area contributed by atoms with Gasteiger partial charge in [0.1, 0.15) is 34.4 Å². The Morgan fingerprint density at radius 3 is 2.24 bits per heavy atom. The van der Waals surface area contributed by atoms with Crippen molar-refractivity contribution in [3.8, 4) is 23.0 Å². The Morgan fingerprint density at radius 1 is 0.946 bits per heavy atom. The monoisotopic (exact) mass is 507 g/mol. The fourth-order valence-corrected chi connectivity index (χ4v) is 4.99. The number of nitrogens with one attached hydrogen (secondary N) is 1. The lowest BCUT2D eigenvalue weighted by Gasteiger charge is -2.35. The summed E-state index contributed by atoms with van der Waals surface area (Å²) in [6.07, 6.45) is 2.59. The summed E-state index contributed by atoms with van der Waals surface area (Å²) >= 11 is 0. The van der Waals surface area contributed by atoms with Crippen LogP contribution >= 0.6 is 0 Å². The first kappa shape index (κ1) is 26.5. The Bertz CT molecular complexity index is 1300. The van der Waals surface area contributed by atoms with Crippen LogP contribution in [0.15, 0.2) is 28.7 Å². The summed E-state index contributed by atoms with van der Waals surface area (Å²) in [6.45, 7) is 10.9. The first-order valence-electron chi connectivity index (χ1n) is 12.5. The van der Waals surface area contributed by atoms with Crippen LogP contribution in [-0.4, -0.2) is 32.8 Å². The van der Waals surface area contributed by atoms with Gasteiger partial charge in [-0.25, -0.2) is 0 Å². The topological polar surface area (TPSA) is 79.2 Å². The fraction of sp³-hybridized carbons (Fsp3) is 0.433. The summed E-state index contributed by atoms with van der Waals surface area (Å²) in [5, 5.41) is 2.91. The molecule has 7 heteroatoms. The van der Waals surface area contributed by atoms with E-state index >= 15 is 0 Å². The van der Waals surface area contributed by atoms with E-state index in [0.717, 1.165) is 24.4 Å². The van der Waals surface area contributed by atoms with Gasteiger partial charge in [-0.2, -0.15) is 0 Å². The highest BCUT2D eigenvalue weighted by Crippen LogP contribution is 2.41. The molecule has 1 amide bonds. The summed E-state index contributed by atoms with van der Waals surface area (Å²) < 4.78 is 28.6. The number of rotatable bonds is 8. The highest BCUT2D eigenvalue weighted by Gasteiger charge is 2.31. The Kier molecular flexibility index (Phi) is 7.44. The minimum Gasteiger partial charge on any atom is -0.496 e. The Hall–Kier alpha value is -3.61. The van der Waals surface area contributed by atoms with Crippen LogP contribution in [0, 0.1) is 20.8 Å². The van der Waals surface area contributed by atoms with Crippen LogP contribution in [-0.2, 0) is 19.4 Å².